The average Bonchev–Trinajstić information content (AvgIpc) is 2.27. The van der Waals surface area contributed by atoms with Gasteiger partial charge < -0.3 is 10.4 Å². The van der Waals surface area contributed by atoms with E-state index in [4.69, 9.17) is 5.11 Å². The van der Waals surface area contributed by atoms with Gasteiger partial charge in [-0.1, -0.05) is 23.8 Å². The SMILES string of the molecule is Cc1ccc(CNC(=O)CSCC(=O)O)c(C)c1. The summed E-state index contributed by atoms with van der Waals surface area (Å²) >= 11 is 1.10. The summed E-state index contributed by atoms with van der Waals surface area (Å²) in [6, 6.07) is 6.07. The number of benzene rings is 1. The minimum atomic E-state index is -0.901. The second kappa shape index (κ2) is 7.06. The molecule has 0 heterocycles. The minimum Gasteiger partial charge on any atom is -0.481 e. The highest BCUT2D eigenvalue weighted by atomic mass is 32.2. The van der Waals surface area contributed by atoms with Crippen molar-refractivity contribution in [2.24, 2.45) is 0 Å². The minimum absolute atomic E-state index is 0.0447. The summed E-state index contributed by atoms with van der Waals surface area (Å²) in [6.45, 7) is 4.52. The lowest BCUT2D eigenvalue weighted by Gasteiger charge is -2.08. The van der Waals surface area contributed by atoms with E-state index in [-0.39, 0.29) is 17.4 Å². The van der Waals surface area contributed by atoms with Crippen LogP contribution in [0.5, 0.6) is 0 Å². The fourth-order valence-electron chi connectivity index (χ4n) is 1.52. The summed E-state index contributed by atoms with van der Waals surface area (Å²) in [6.07, 6.45) is 0. The summed E-state index contributed by atoms with van der Waals surface area (Å²) in [4.78, 5) is 21.7. The Kier molecular flexibility index (Phi) is 5.71. The van der Waals surface area contributed by atoms with E-state index in [1.807, 2.05) is 26.0 Å². The quantitative estimate of drug-likeness (QED) is 0.824. The third-order valence-corrected chi connectivity index (χ3v) is 3.35. The van der Waals surface area contributed by atoms with Gasteiger partial charge in [0.05, 0.1) is 11.5 Å². The van der Waals surface area contributed by atoms with Crippen LogP contribution < -0.4 is 5.32 Å². The summed E-state index contributed by atoms with van der Waals surface area (Å²) in [5.41, 5.74) is 3.42. The summed E-state index contributed by atoms with van der Waals surface area (Å²) in [5.74, 6) is -0.905. The van der Waals surface area contributed by atoms with Gasteiger partial charge in [-0.05, 0) is 25.0 Å². The third-order valence-electron chi connectivity index (χ3n) is 2.43. The zero-order valence-corrected chi connectivity index (χ0v) is 11.3. The molecule has 0 fully saturated rings. The first-order valence-electron chi connectivity index (χ1n) is 5.61. The van der Waals surface area contributed by atoms with Crippen LogP contribution in [0, 0.1) is 13.8 Å². The Labute approximate surface area is 111 Å². The number of nitrogens with one attached hydrogen (secondary N) is 1. The zero-order chi connectivity index (χ0) is 13.5. The van der Waals surface area contributed by atoms with Crippen molar-refractivity contribution in [1.82, 2.24) is 5.32 Å². The van der Waals surface area contributed by atoms with Gasteiger partial charge >= 0.3 is 5.97 Å². The number of carbonyl (C=O) groups excluding carboxylic acids is 1. The average molecular weight is 267 g/mol. The molecule has 0 aliphatic carbocycles. The van der Waals surface area contributed by atoms with Gasteiger partial charge in [-0.15, -0.1) is 11.8 Å². The number of carboxylic acids is 1. The van der Waals surface area contributed by atoms with Crippen molar-refractivity contribution in [3.8, 4) is 0 Å². The Morgan fingerprint density at radius 1 is 1.28 bits per heavy atom. The Morgan fingerprint density at radius 2 is 2.00 bits per heavy atom. The van der Waals surface area contributed by atoms with Crippen molar-refractivity contribution < 1.29 is 14.7 Å². The summed E-state index contributed by atoms with van der Waals surface area (Å²) in [7, 11) is 0. The number of hydrogen-bond donors (Lipinski definition) is 2. The Hall–Kier alpha value is -1.49. The van der Waals surface area contributed by atoms with Gasteiger partial charge in [0.15, 0.2) is 0 Å². The number of hydrogen-bond acceptors (Lipinski definition) is 3. The molecule has 0 bridgehead atoms. The first-order chi connectivity index (χ1) is 8.49. The molecule has 0 saturated carbocycles. The molecule has 1 rings (SSSR count). The van der Waals surface area contributed by atoms with E-state index in [0.717, 1.165) is 22.9 Å². The van der Waals surface area contributed by atoms with Gasteiger partial charge in [-0.25, -0.2) is 0 Å². The van der Waals surface area contributed by atoms with E-state index in [9.17, 15) is 9.59 Å². The molecule has 1 amide bonds. The van der Waals surface area contributed by atoms with Crippen LogP contribution in [0.25, 0.3) is 0 Å². The van der Waals surface area contributed by atoms with Crippen LogP contribution >= 0.6 is 11.8 Å². The maximum absolute atomic E-state index is 11.5. The van der Waals surface area contributed by atoms with Crippen LogP contribution in [-0.4, -0.2) is 28.5 Å². The van der Waals surface area contributed by atoms with E-state index in [0.29, 0.717) is 6.54 Å². The summed E-state index contributed by atoms with van der Waals surface area (Å²) < 4.78 is 0. The van der Waals surface area contributed by atoms with Gasteiger partial charge in [-0.3, -0.25) is 9.59 Å². The van der Waals surface area contributed by atoms with Crippen molar-refractivity contribution in [3.63, 3.8) is 0 Å². The van der Waals surface area contributed by atoms with Crippen LogP contribution in [0.3, 0.4) is 0 Å². The van der Waals surface area contributed by atoms with Gasteiger partial charge in [0.1, 0.15) is 0 Å². The smallest absolute Gasteiger partial charge is 0.313 e. The Bertz CT molecular complexity index is 446. The van der Waals surface area contributed by atoms with Gasteiger partial charge in [0.2, 0.25) is 5.91 Å². The van der Waals surface area contributed by atoms with E-state index >= 15 is 0 Å². The molecular formula is C13H17NO3S. The number of aryl methyl sites for hydroxylation is 2. The largest absolute Gasteiger partial charge is 0.481 e. The van der Waals surface area contributed by atoms with Crippen molar-refractivity contribution in [2.75, 3.05) is 11.5 Å². The molecule has 0 aliphatic heterocycles. The second-order valence-electron chi connectivity index (χ2n) is 4.09. The molecular weight excluding hydrogens is 250 g/mol. The molecule has 18 heavy (non-hydrogen) atoms. The highest BCUT2D eigenvalue weighted by Gasteiger charge is 2.05. The molecule has 1 aromatic rings. The lowest BCUT2D eigenvalue weighted by molar-refractivity contribution is -0.133. The summed E-state index contributed by atoms with van der Waals surface area (Å²) in [5, 5.41) is 11.2. The van der Waals surface area contributed by atoms with Crippen molar-refractivity contribution in [3.05, 3.63) is 34.9 Å². The number of amides is 1. The molecule has 4 nitrogen and oxygen atoms in total. The van der Waals surface area contributed by atoms with Crippen molar-refractivity contribution in [1.29, 1.82) is 0 Å². The lowest BCUT2D eigenvalue weighted by Crippen LogP contribution is -2.25. The van der Waals surface area contributed by atoms with Crippen molar-refractivity contribution >= 4 is 23.6 Å². The molecule has 0 spiro atoms. The van der Waals surface area contributed by atoms with E-state index in [2.05, 4.69) is 11.4 Å². The Balaban J connectivity index is 2.36. The van der Waals surface area contributed by atoms with Crippen LogP contribution in [0.15, 0.2) is 18.2 Å². The second-order valence-corrected chi connectivity index (χ2v) is 5.08. The predicted octanol–water partition coefficient (Wildman–Crippen LogP) is 1.74. The molecule has 0 aliphatic rings. The first kappa shape index (κ1) is 14.6. The zero-order valence-electron chi connectivity index (χ0n) is 10.5. The highest BCUT2D eigenvalue weighted by Crippen LogP contribution is 2.10. The van der Waals surface area contributed by atoms with Gasteiger partial charge in [0, 0.05) is 6.54 Å². The highest BCUT2D eigenvalue weighted by molar-refractivity contribution is 8.00. The molecule has 5 heteroatoms. The number of rotatable bonds is 6. The van der Waals surface area contributed by atoms with E-state index < -0.39 is 5.97 Å². The van der Waals surface area contributed by atoms with Gasteiger partial charge in [-0.2, -0.15) is 0 Å². The normalized spacial score (nSPS) is 10.1. The monoisotopic (exact) mass is 267 g/mol. The van der Waals surface area contributed by atoms with Crippen LogP contribution in [0.2, 0.25) is 0 Å². The molecule has 98 valence electrons. The first-order valence-corrected chi connectivity index (χ1v) is 6.77. The van der Waals surface area contributed by atoms with Crippen LogP contribution in [0.1, 0.15) is 16.7 Å². The van der Waals surface area contributed by atoms with Crippen LogP contribution in [0.4, 0.5) is 0 Å². The van der Waals surface area contributed by atoms with Crippen LogP contribution in [-0.2, 0) is 16.1 Å². The lowest BCUT2D eigenvalue weighted by atomic mass is 10.1. The van der Waals surface area contributed by atoms with Crippen molar-refractivity contribution in [2.45, 2.75) is 20.4 Å². The molecule has 0 unspecified atom stereocenters. The molecule has 2 N–H and O–H groups in total. The Morgan fingerprint density at radius 3 is 2.61 bits per heavy atom. The fraction of sp³-hybridized carbons (Fsp3) is 0.385. The fourth-order valence-corrected chi connectivity index (χ4v) is 2.08. The molecule has 0 atom stereocenters. The number of thioether (sulfide) groups is 1. The number of carbonyl (C=O) groups is 2. The molecule has 0 radical (unpaired) electrons. The standard InChI is InChI=1S/C13H17NO3S/c1-9-3-4-11(10(2)5-9)6-14-12(15)7-18-8-13(16)17/h3-5H,6-8H2,1-2H3,(H,14,15)(H,16,17). The maximum Gasteiger partial charge on any atom is 0.313 e. The topological polar surface area (TPSA) is 66.4 Å². The van der Waals surface area contributed by atoms with Gasteiger partial charge in [0.25, 0.3) is 0 Å². The predicted molar refractivity (Wildman–Crippen MR) is 72.7 cm³/mol. The number of aliphatic carboxylic acids is 1. The maximum atomic E-state index is 11.5. The molecule has 0 aromatic heterocycles. The molecule has 0 saturated heterocycles. The third kappa shape index (κ3) is 5.23. The number of carboxylic acid groups (broad SMARTS) is 1. The van der Waals surface area contributed by atoms with E-state index in [1.54, 1.807) is 0 Å². The van der Waals surface area contributed by atoms with E-state index in [1.165, 1.54) is 5.56 Å². The molecule has 1 aromatic carbocycles.